The van der Waals surface area contributed by atoms with Gasteiger partial charge in [-0.1, -0.05) is 0 Å². The van der Waals surface area contributed by atoms with Crippen LogP contribution in [0.15, 0.2) is 0 Å². The Morgan fingerprint density at radius 1 is 1.64 bits per heavy atom. The van der Waals surface area contributed by atoms with E-state index in [4.69, 9.17) is 5.73 Å². The van der Waals surface area contributed by atoms with Gasteiger partial charge in [-0.15, -0.1) is 0 Å². The molecule has 0 spiro atoms. The smallest absolute Gasteiger partial charge is 0.243 e. The van der Waals surface area contributed by atoms with Crippen molar-refractivity contribution in [3.63, 3.8) is 0 Å². The first kappa shape index (κ1) is 10.5. The van der Waals surface area contributed by atoms with Crippen LogP contribution in [-0.2, 0) is 14.4 Å². The maximum Gasteiger partial charge on any atom is 0.243 e. The van der Waals surface area contributed by atoms with Crippen LogP contribution in [0.25, 0.3) is 0 Å². The van der Waals surface area contributed by atoms with Gasteiger partial charge in [-0.2, -0.15) is 0 Å². The molecule has 4 N–H and O–H groups in total. The molecule has 0 radical (unpaired) electrons. The molecule has 6 heteroatoms. The topological polar surface area (TPSA) is 101 Å². The summed E-state index contributed by atoms with van der Waals surface area (Å²) in [6.45, 7) is 1.50. The zero-order chi connectivity index (χ0) is 10.7. The van der Waals surface area contributed by atoms with Crippen molar-refractivity contribution in [3.8, 4) is 0 Å². The fourth-order valence-corrected chi connectivity index (χ4v) is 1.20. The summed E-state index contributed by atoms with van der Waals surface area (Å²) in [7, 11) is 0. The Bertz CT molecular complexity index is 277. The van der Waals surface area contributed by atoms with E-state index in [-0.39, 0.29) is 11.8 Å². The van der Waals surface area contributed by atoms with Crippen LogP contribution in [0.5, 0.6) is 0 Å². The van der Waals surface area contributed by atoms with Crippen molar-refractivity contribution in [2.45, 2.75) is 31.8 Å². The van der Waals surface area contributed by atoms with E-state index in [1.165, 1.54) is 6.92 Å². The lowest BCUT2D eigenvalue weighted by Crippen LogP contribution is -2.49. The summed E-state index contributed by atoms with van der Waals surface area (Å²) in [6.07, 6.45) is 0.819. The average Bonchev–Trinajstić information content (AvgIpc) is 2.51. The number of nitrogens with two attached hydrogens (primary N) is 1. The van der Waals surface area contributed by atoms with Crippen LogP contribution >= 0.6 is 0 Å². The Hall–Kier alpha value is -1.59. The summed E-state index contributed by atoms with van der Waals surface area (Å²) in [5.74, 6) is -1.10. The van der Waals surface area contributed by atoms with Crippen molar-refractivity contribution in [3.05, 3.63) is 0 Å². The second-order valence-electron chi connectivity index (χ2n) is 3.29. The molecular formula is C8H13N3O3. The molecule has 2 atom stereocenters. The molecule has 1 aliphatic rings. The van der Waals surface area contributed by atoms with Gasteiger partial charge in [-0.05, 0) is 13.3 Å². The minimum atomic E-state index is -0.708. The van der Waals surface area contributed by atoms with Crippen molar-refractivity contribution in [2.24, 2.45) is 5.73 Å². The molecule has 14 heavy (non-hydrogen) atoms. The summed E-state index contributed by atoms with van der Waals surface area (Å²) in [6, 6.07) is -1.23. The number of carbonyl (C=O) groups is 3. The van der Waals surface area contributed by atoms with Crippen molar-refractivity contribution in [1.29, 1.82) is 0 Å². The summed E-state index contributed by atoms with van der Waals surface area (Å²) >= 11 is 0. The lowest BCUT2D eigenvalue weighted by Gasteiger charge is -2.14. The molecule has 0 saturated carbocycles. The van der Waals surface area contributed by atoms with E-state index in [9.17, 15) is 14.4 Å². The van der Waals surface area contributed by atoms with Crippen molar-refractivity contribution in [1.82, 2.24) is 10.6 Å². The molecular weight excluding hydrogens is 186 g/mol. The zero-order valence-corrected chi connectivity index (χ0v) is 7.87. The molecule has 6 nitrogen and oxygen atoms in total. The highest BCUT2D eigenvalue weighted by Crippen LogP contribution is 2.06. The zero-order valence-electron chi connectivity index (χ0n) is 7.87. The van der Waals surface area contributed by atoms with Gasteiger partial charge in [0.1, 0.15) is 12.1 Å². The minimum Gasteiger partial charge on any atom is -0.368 e. The second kappa shape index (κ2) is 4.08. The Morgan fingerprint density at radius 3 is 2.71 bits per heavy atom. The molecule has 0 unspecified atom stereocenters. The third-order valence-electron chi connectivity index (χ3n) is 2.10. The van der Waals surface area contributed by atoms with Crippen LogP contribution in [0.4, 0.5) is 0 Å². The van der Waals surface area contributed by atoms with E-state index in [1.54, 1.807) is 0 Å². The van der Waals surface area contributed by atoms with E-state index in [2.05, 4.69) is 10.6 Å². The maximum atomic E-state index is 11.4. The normalized spacial score (nSPS) is 22.6. The van der Waals surface area contributed by atoms with Gasteiger partial charge in [0.25, 0.3) is 0 Å². The van der Waals surface area contributed by atoms with Gasteiger partial charge < -0.3 is 16.4 Å². The highest BCUT2D eigenvalue weighted by molar-refractivity contribution is 5.93. The van der Waals surface area contributed by atoms with E-state index < -0.39 is 18.0 Å². The first-order chi connectivity index (χ1) is 6.50. The standard InChI is InChI=1S/C8H13N3O3/c1-4(7(9)13)10-8(14)5-2-3-6(12)11-5/h4-5H,2-3H2,1H3,(H2,9,13)(H,10,14)(H,11,12)/t4-,5-/m1/s1. The molecule has 1 aliphatic heterocycles. The summed E-state index contributed by atoms with van der Waals surface area (Å²) in [4.78, 5) is 32.8. The fraction of sp³-hybridized carbons (Fsp3) is 0.625. The highest BCUT2D eigenvalue weighted by Gasteiger charge is 2.28. The summed E-state index contributed by atoms with van der Waals surface area (Å²) < 4.78 is 0. The van der Waals surface area contributed by atoms with Crippen LogP contribution in [0.1, 0.15) is 19.8 Å². The van der Waals surface area contributed by atoms with Gasteiger partial charge in [0.05, 0.1) is 0 Å². The number of primary amides is 1. The molecule has 3 amide bonds. The maximum absolute atomic E-state index is 11.4. The minimum absolute atomic E-state index is 0.142. The molecule has 0 aromatic carbocycles. The lowest BCUT2D eigenvalue weighted by molar-refractivity contribution is -0.129. The molecule has 1 heterocycles. The predicted molar refractivity (Wildman–Crippen MR) is 48.0 cm³/mol. The van der Waals surface area contributed by atoms with Crippen molar-refractivity contribution >= 4 is 17.7 Å². The van der Waals surface area contributed by atoms with Crippen LogP contribution < -0.4 is 16.4 Å². The molecule has 0 aromatic heterocycles. The van der Waals surface area contributed by atoms with Crippen LogP contribution in [-0.4, -0.2) is 29.8 Å². The van der Waals surface area contributed by atoms with E-state index in [1.807, 2.05) is 0 Å². The third kappa shape index (κ3) is 2.45. The monoisotopic (exact) mass is 199 g/mol. The van der Waals surface area contributed by atoms with E-state index in [0.717, 1.165) is 0 Å². The summed E-state index contributed by atoms with van der Waals surface area (Å²) in [5, 5.41) is 4.91. The van der Waals surface area contributed by atoms with Gasteiger partial charge in [0.15, 0.2) is 0 Å². The fourth-order valence-electron chi connectivity index (χ4n) is 1.20. The Labute approximate surface area is 81.2 Å². The third-order valence-corrected chi connectivity index (χ3v) is 2.10. The molecule has 0 bridgehead atoms. The average molecular weight is 199 g/mol. The van der Waals surface area contributed by atoms with Crippen molar-refractivity contribution < 1.29 is 14.4 Å². The van der Waals surface area contributed by atoms with E-state index in [0.29, 0.717) is 12.8 Å². The second-order valence-corrected chi connectivity index (χ2v) is 3.29. The highest BCUT2D eigenvalue weighted by atomic mass is 16.2. The molecule has 1 rings (SSSR count). The Balaban J connectivity index is 2.42. The first-order valence-electron chi connectivity index (χ1n) is 4.39. The van der Waals surface area contributed by atoms with Crippen LogP contribution in [0.3, 0.4) is 0 Å². The Kier molecular flexibility index (Phi) is 3.06. The first-order valence-corrected chi connectivity index (χ1v) is 4.39. The van der Waals surface area contributed by atoms with Crippen LogP contribution in [0, 0.1) is 0 Å². The molecule has 0 aliphatic carbocycles. The van der Waals surface area contributed by atoms with Gasteiger partial charge in [-0.25, -0.2) is 0 Å². The molecule has 1 saturated heterocycles. The molecule has 1 fully saturated rings. The molecule has 78 valence electrons. The number of carbonyl (C=O) groups excluding carboxylic acids is 3. The Morgan fingerprint density at radius 2 is 2.29 bits per heavy atom. The number of rotatable bonds is 3. The van der Waals surface area contributed by atoms with Gasteiger partial charge in [0.2, 0.25) is 17.7 Å². The van der Waals surface area contributed by atoms with E-state index >= 15 is 0 Å². The SMILES string of the molecule is C[C@@H](NC(=O)[C@H]1CCC(=O)N1)C(N)=O. The number of hydrogen-bond acceptors (Lipinski definition) is 3. The predicted octanol–water partition coefficient (Wildman–Crippen LogP) is -1.74. The molecule has 0 aromatic rings. The number of nitrogens with one attached hydrogen (secondary N) is 2. The number of amides is 3. The van der Waals surface area contributed by atoms with Gasteiger partial charge >= 0.3 is 0 Å². The van der Waals surface area contributed by atoms with Crippen LogP contribution in [0.2, 0.25) is 0 Å². The number of hydrogen-bond donors (Lipinski definition) is 3. The largest absolute Gasteiger partial charge is 0.368 e. The van der Waals surface area contributed by atoms with Crippen molar-refractivity contribution in [2.75, 3.05) is 0 Å². The van der Waals surface area contributed by atoms with Gasteiger partial charge in [-0.3, -0.25) is 14.4 Å². The lowest BCUT2D eigenvalue weighted by atomic mass is 10.2. The quantitative estimate of drug-likeness (QED) is 0.502. The van der Waals surface area contributed by atoms with Gasteiger partial charge in [0, 0.05) is 6.42 Å². The summed E-state index contributed by atoms with van der Waals surface area (Å²) in [5.41, 5.74) is 4.97.